The number of fused-ring (bicyclic) bond motifs is 11. The third-order valence-corrected chi connectivity index (χ3v) is 7.68. The van der Waals surface area contributed by atoms with Crippen LogP contribution in [0.5, 0.6) is 0 Å². The Morgan fingerprint density at radius 3 is 2.37 bits per heavy atom. The highest BCUT2D eigenvalue weighted by Gasteiger charge is 2.39. The quantitative estimate of drug-likeness (QED) is 0.263. The predicted octanol–water partition coefficient (Wildman–Crippen LogP) is 7.05. The number of benzene rings is 4. The van der Waals surface area contributed by atoms with E-state index in [4.69, 9.17) is 0 Å². The molecule has 2 unspecified atom stereocenters. The van der Waals surface area contributed by atoms with Crippen LogP contribution in [0.15, 0.2) is 108 Å². The lowest BCUT2D eigenvalue weighted by Gasteiger charge is -2.28. The zero-order chi connectivity index (χ0) is 23.1. The first kappa shape index (κ1) is 18.8. The number of anilines is 2. The second kappa shape index (κ2) is 6.73. The Labute approximate surface area is 200 Å². The molecule has 0 saturated heterocycles. The van der Waals surface area contributed by atoms with Crippen molar-refractivity contribution in [1.29, 1.82) is 0 Å². The summed E-state index contributed by atoms with van der Waals surface area (Å²) in [6.45, 7) is 0. The fourth-order valence-corrected chi connectivity index (χ4v) is 6.26. The number of H-pyrrole nitrogens is 2. The van der Waals surface area contributed by atoms with Gasteiger partial charge in [0.25, 0.3) is 5.56 Å². The Kier molecular flexibility index (Phi) is 3.62. The number of rotatable bonds is 1. The number of aromatic amines is 2. The highest BCUT2D eigenvalue weighted by molar-refractivity contribution is 6.24. The van der Waals surface area contributed by atoms with Crippen LogP contribution in [0.4, 0.5) is 11.4 Å². The molecule has 2 aromatic heterocycles. The average molecular weight is 452 g/mol. The van der Waals surface area contributed by atoms with Crippen molar-refractivity contribution in [2.45, 2.75) is 12.0 Å². The summed E-state index contributed by atoms with van der Waals surface area (Å²) in [5.74, 6) is 0.170. The van der Waals surface area contributed by atoms with E-state index in [0.29, 0.717) is 0 Å². The van der Waals surface area contributed by atoms with Crippen LogP contribution in [-0.2, 0) is 0 Å². The van der Waals surface area contributed by atoms with Crippen molar-refractivity contribution in [2.24, 2.45) is 0 Å². The van der Waals surface area contributed by atoms with Gasteiger partial charge in [-0.1, -0.05) is 72.8 Å². The van der Waals surface area contributed by atoms with Crippen molar-refractivity contribution in [3.8, 4) is 0 Å². The third kappa shape index (κ3) is 2.43. The van der Waals surface area contributed by atoms with E-state index < -0.39 is 0 Å². The van der Waals surface area contributed by atoms with E-state index in [1.165, 1.54) is 5.56 Å². The minimum atomic E-state index is -0.0405. The molecule has 1 aliphatic heterocycles. The van der Waals surface area contributed by atoms with E-state index in [2.05, 4.69) is 99.8 Å². The Morgan fingerprint density at radius 2 is 1.46 bits per heavy atom. The van der Waals surface area contributed by atoms with Crippen LogP contribution < -0.4 is 10.5 Å². The van der Waals surface area contributed by atoms with E-state index in [0.717, 1.165) is 54.9 Å². The lowest BCUT2D eigenvalue weighted by molar-refractivity contribution is 0.746. The van der Waals surface area contributed by atoms with Crippen LogP contribution in [0.3, 0.4) is 0 Å². The van der Waals surface area contributed by atoms with Crippen molar-refractivity contribution in [3.63, 3.8) is 0 Å². The van der Waals surface area contributed by atoms with Crippen LogP contribution in [0.2, 0.25) is 0 Å². The first-order chi connectivity index (χ1) is 17.3. The molecule has 0 fully saturated rings. The Morgan fingerprint density at radius 1 is 0.657 bits per heavy atom. The SMILES string of the molecule is O=c1[nH]c2c3c(ccc2c2ccc4[nH]c5ccccc5c4c12)N(c1ccccc1)C1C=CC=CC31. The number of para-hydroxylation sites is 2. The van der Waals surface area contributed by atoms with Crippen molar-refractivity contribution in [3.05, 3.63) is 119 Å². The van der Waals surface area contributed by atoms with Gasteiger partial charge in [-0.15, -0.1) is 0 Å². The van der Waals surface area contributed by atoms with E-state index in [1.807, 2.05) is 18.2 Å². The van der Waals surface area contributed by atoms with Gasteiger partial charge < -0.3 is 14.9 Å². The molecule has 0 radical (unpaired) electrons. The average Bonchev–Trinajstić information content (AvgIpc) is 3.45. The van der Waals surface area contributed by atoms with Crippen LogP contribution in [0.25, 0.3) is 43.5 Å². The topological polar surface area (TPSA) is 51.9 Å². The molecule has 2 atom stereocenters. The Balaban J connectivity index is 1.49. The van der Waals surface area contributed by atoms with Crippen molar-refractivity contribution >= 4 is 54.9 Å². The lowest BCUT2D eigenvalue weighted by atomic mass is 9.89. The van der Waals surface area contributed by atoms with E-state index in [1.54, 1.807) is 0 Å². The number of pyridine rings is 1. The third-order valence-electron chi connectivity index (χ3n) is 7.68. The molecule has 1 aliphatic carbocycles. The highest BCUT2D eigenvalue weighted by Crippen LogP contribution is 2.50. The molecule has 0 spiro atoms. The molecule has 0 saturated carbocycles. The predicted molar refractivity (Wildman–Crippen MR) is 145 cm³/mol. The molecule has 2 aliphatic rings. The molecule has 166 valence electrons. The van der Waals surface area contributed by atoms with Crippen molar-refractivity contribution < 1.29 is 0 Å². The molecule has 35 heavy (non-hydrogen) atoms. The van der Waals surface area contributed by atoms with Gasteiger partial charge in [0.1, 0.15) is 0 Å². The Bertz CT molecular complexity index is 1940. The maximum absolute atomic E-state index is 13.7. The van der Waals surface area contributed by atoms with Crippen LogP contribution >= 0.6 is 0 Å². The fourth-order valence-electron chi connectivity index (χ4n) is 6.26. The number of hydrogen-bond acceptors (Lipinski definition) is 2. The summed E-state index contributed by atoms with van der Waals surface area (Å²) in [5, 5.41) is 4.90. The van der Waals surface area contributed by atoms with Gasteiger partial charge in [0.15, 0.2) is 0 Å². The summed E-state index contributed by atoms with van der Waals surface area (Å²) in [7, 11) is 0. The summed E-state index contributed by atoms with van der Waals surface area (Å²) in [6, 6.07) is 27.5. The molecule has 3 heterocycles. The van der Waals surface area contributed by atoms with E-state index in [-0.39, 0.29) is 17.5 Å². The van der Waals surface area contributed by atoms with Crippen molar-refractivity contribution in [1.82, 2.24) is 9.97 Å². The van der Waals surface area contributed by atoms with Gasteiger partial charge in [-0.2, -0.15) is 0 Å². The first-order valence-electron chi connectivity index (χ1n) is 12.0. The number of allylic oxidation sites excluding steroid dienone is 2. The number of hydrogen-bond donors (Lipinski definition) is 2. The summed E-state index contributed by atoms with van der Waals surface area (Å²) >= 11 is 0. The molecule has 8 rings (SSSR count). The van der Waals surface area contributed by atoms with Crippen LogP contribution in [-0.4, -0.2) is 16.0 Å². The van der Waals surface area contributed by atoms with Crippen LogP contribution in [0, 0.1) is 0 Å². The zero-order valence-electron chi connectivity index (χ0n) is 18.8. The van der Waals surface area contributed by atoms with E-state index >= 15 is 0 Å². The number of nitrogens with one attached hydrogen (secondary N) is 2. The highest BCUT2D eigenvalue weighted by atomic mass is 16.1. The van der Waals surface area contributed by atoms with Gasteiger partial charge in [-0.3, -0.25) is 4.79 Å². The lowest BCUT2D eigenvalue weighted by Crippen LogP contribution is -2.28. The van der Waals surface area contributed by atoms with E-state index in [9.17, 15) is 4.79 Å². The monoisotopic (exact) mass is 451 g/mol. The molecule has 0 bridgehead atoms. The van der Waals surface area contributed by atoms with Gasteiger partial charge in [0, 0.05) is 50.0 Å². The normalized spacial score (nSPS) is 18.7. The summed E-state index contributed by atoms with van der Waals surface area (Å²) in [6.07, 6.45) is 8.76. The number of nitrogens with zero attached hydrogens (tertiary/aromatic N) is 1. The van der Waals surface area contributed by atoms with Gasteiger partial charge in [-0.25, -0.2) is 0 Å². The summed E-state index contributed by atoms with van der Waals surface area (Å²) in [5.41, 5.74) is 6.43. The minimum Gasteiger partial charge on any atom is -0.354 e. The maximum Gasteiger partial charge on any atom is 0.257 e. The van der Waals surface area contributed by atoms with Gasteiger partial charge >= 0.3 is 0 Å². The smallest absolute Gasteiger partial charge is 0.257 e. The molecule has 2 N–H and O–H groups in total. The first-order valence-corrected chi connectivity index (χ1v) is 12.0. The number of aromatic nitrogens is 2. The molecule has 4 nitrogen and oxygen atoms in total. The molecule has 4 aromatic carbocycles. The second-order valence-corrected chi connectivity index (χ2v) is 9.45. The summed E-state index contributed by atoms with van der Waals surface area (Å²) in [4.78, 5) is 22.9. The van der Waals surface area contributed by atoms with Crippen LogP contribution in [0.1, 0.15) is 11.5 Å². The fraction of sp³-hybridized carbons (Fsp3) is 0.0645. The minimum absolute atomic E-state index is 0.0405. The van der Waals surface area contributed by atoms with Gasteiger partial charge in [0.2, 0.25) is 0 Å². The molecule has 0 amide bonds. The zero-order valence-corrected chi connectivity index (χ0v) is 18.8. The maximum atomic E-state index is 13.7. The van der Waals surface area contributed by atoms with Gasteiger partial charge in [-0.05, 0) is 35.7 Å². The van der Waals surface area contributed by atoms with Crippen molar-refractivity contribution in [2.75, 3.05) is 4.90 Å². The summed E-state index contributed by atoms with van der Waals surface area (Å²) < 4.78 is 0. The largest absolute Gasteiger partial charge is 0.354 e. The Hall–Kier alpha value is -4.57. The molecular formula is C31H21N3O. The molecular weight excluding hydrogens is 430 g/mol. The second-order valence-electron chi connectivity index (χ2n) is 9.45. The standard InChI is InChI=1S/C31H21N3O/c35-31-29-19(14-16-24-27(29)21-10-4-6-12-23(21)32-24)20-15-17-26-28(30(20)33-31)22-11-5-7-13-25(22)34(26)18-8-2-1-3-9-18/h1-17,22,25,32H,(H,33,35). The molecule has 6 aromatic rings. The molecule has 4 heteroatoms. The van der Waals surface area contributed by atoms with Gasteiger partial charge in [0.05, 0.1) is 16.9 Å².